The summed E-state index contributed by atoms with van der Waals surface area (Å²) in [5.74, 6) is 0. The van der Waals surface area contributed by atoms with Crippen LogP contribution in [0.3, 0.4) is 0 Å². The molecule has 0 saturated carbocycles. The highest BCUT2D eigenvalue weighted by Crippen LogP contribution is 1.87. The Hall–Kier alpha value is -1.05. The van der Waals surface area contributed by atoms with Gasteiger partial charge in [0.25, 0.3) is 0 Å². The lowest BCUT2D eigenvalue weighted by molar-refractivity contribution is 1.13. The number of aromatic nitrogens is 2. The predicted molar refractivity (Wildman–Crippen MR) is 37.5 cm³/mol. The summed E-state index contributed by atoms with van der Waals surface area (Å²) in [5, 5.41) is 0. The van der Waals surface area contributed by atoms with Crippen molar-refractivity contribution in [1.82, 2.24) is 9.55 Å². The lowest BCUT2D eigenvalue weighted by Crippen LogP contribution is -1.76. The second kappa shape index (κ2) is 3.07. The largest absolute Gasteiger partial charge is 0.313 e. The van der Waals surface area contributed by atoms with Crippen LogP contribution in [0.4, 0.5) is 0 Å². The molecule has 0 N–H and O–H groups in total. The summed E-state index contributed by atoms with van der Waals surface area (Å²) in [4.78, 5) is 3.87. The maximum Gasteiger partial charge on any atom is 0.0986 e. The van der Waals surface area contributed by atoms with Gasteiger partial charge in [-0.05, 0) is 13.3 Å². The molecule has 0 aliphatic carbocycles. The summed E-state index contributed by atoms with van der Waals surface area (Å²) in [5.41, 5.74) is 0. The van der Waals surface area contributed by atoms with Crippen molar-refractivity contribution in [1.29, 1.82) is 0 Å². The zero-order chi connectivity index (χ0) is 6.53. The second-order valence-corrected chi connectivity index (χ2v) is 1.68. The van der Waals surface area contributed by atoms with Gasteiger partial charge in [0.2, 0.25) is 0 Å². The molecule has 1 aromatic rings. The van der Waals surface area contributed by atoms with Crippen LogP contribution in [-0.2, 0) is 0 Å². The van der Waals surface area contributed by atoms with Crippen LogP contribution in [-0.4, -0.2) is 9.55 Å². The van der Waals surface area contributed by atoms with Crippen LogP contribution in [0.5, 0.6) is 0 Å². The van der Waals surface area contributed by atoms with Gasteiger partial charge in [-0.2, -0.15) is 0 Å². The molecule has 2 heteroatoms. The Kier molecular flexibility index (Phi) is 2.07. The molecular weight excluding hydrogens is 112 g/mol. The summed E-state index contributed by atoms with van der Waals surface area (Å²) in [7, 11) is 0. The molecule has 47 valence electrons. The average Bonchev–Trinajstić information content (AvgIpc) is 2.34. The zero-order valence-corrected chi connectivity index (χ0v) is 5.20. The first-order valence-electron chi connectivity index (χ1n) is 2.87. The molecule has 0 aliphatic rings. The Morgan fingerprint density at radius 2 is 2.56 bits per heavy atom. The topological polar surface area (TPSA) is 17.8 Å². The second-order valence-electron chi connectivity index (χ2n) is 1.68. The number of hydrogen-bond donors (Lipinski definition) is 0. The van der Waals surface area contributed by atoms with Crippen molar-refractivity contribution in [2.75, 3.05) is 0 Å². The van der Waals surface area contributed by atoms with E-state index in [0.29, 0.717) is 0 Å². The third kappa shape index (κ3) is 1.72. The summed E-state index contributed by atoms with van der Waals surface area (Å²) in [6, 6.07) is 0. The molecule has 0 aliphatic heterocycles. The molecule has 0 unspecified atom stereocenters. The van der Waals surface area contributed by atoms with Crippen molar-refractivity contribution < 1.29 is 0 Å². The quantitative estimate of drug-likeness (QED) is 0.580. The lowest BCUT2D eigenvalue weighted by atomic mass is 10.5. The van der Waals surface area contributed by atoms with E-state index in [0.717, 1.165) is 6.42 Å². The highest BCUT2D eigenvalue weighted by molar-refractivity contribution is 5.20. The van der Waals surface area contributed by atoms with E-state index in [1.165, 1.54) is 0 Å². The van der Waals surface area contributed by atoms with Crippen molar-refractivity contribution in [3.05, 3.63) is 31.7 Å². The summed E-state index contributed by atoms with van der Waals surface area (Å²) < 4.78 is 1.88. The first-order chi connectivity index (χ1) is 4.43. The van der Waals surface area contributed by atoms with Crippen LogP contribution in [0, 0.1) is 6.92 Å². The van der Waals surface area contributed by atoms with Crippen LogP contribution in [0.2, 0.25) is 0 Å². The first-order valence-corrected chi connectivity index (χ1v) is 2.87. The minimum absolute atomic E-state index is 0.818. The molecule has 0 saturated heterocycles. The van der Waals surface area contributed by atoms with Gasteiger partial charge in [-0.25, -0.2) is 4.98 Å². The van der Waals surface area contributed by atoms with Crippen molar-refractivity contribution in [2.24, 2.45) is 0 Å². The highest BCUT2D eigenvalue weighted by atomic mass is 15.0. The van der Waals surface area contributed by atoms with Crippen LogP contribution in [0.15, 0.2) is 24.8 Å². The van der Waals surface area contributed by atoms with Gasteiger partial charge < -0.3 is 4.57 Å². The summed E-state index contributed by atoms with van der Waals surface area (Å²) in [6.45, 7) is 3.66. The van der Waals surface area contributed by atoms with E-state index in [-0.39, 0.29) is 0 Å². The maximum atomic E-state index is 3.87. The van der Waals surface area contributed by atoms with Crippen LogP contribution >= 0.6 is 0 Å². The Bertz CT molecular complexity index is 175. The van der Waals surface area contributed by atoms with E-state index in [9.17, 15) is 0 Å². The average molecular weight is 121 g/mol. The van der Waals surface area contributed by atoms with Gasteiger partial charge in [0.05, 0.1) is 6.33 Å². The van der Waals surface area contributed by atoms with Gasteiger partial charge in [-0.3, -0.25) is 0 Å². The van der Waals surface area contributed by atoms with E-state index in [2.05, 4.69) is 11.9 Å². The predicted octanol–water partition coefficient (Wildman–Crippen LogP) is 1.58. The lowest BCUT2D eigenvalue weighted by Gasteiger charge is -1.85. The van der Waals surface area contributed by atoms with Crippen molar-refractivity contribution in [3.63, 3.8) is 0 Å². The molecule has 2 nitrogen and oxygen atoms in total. The fourth-order valence-electron chi connectivity index (χ4n) is 0.554. The van der Waals surface area contributed by atoms with Gasteiger partial charge in [0.1, 0.15) is 0 Å². The van der Waals surface area contributed by atoms with Gasteiger partial charge in [0, 0.05) is 18.6 Å². The minimum Gasteiger partial charge on any atom is -0.313 e. The monoisotopic (exact) mass is 121 g/mol. The van der Waals surface area contributed by atoms with Gasteiger partial charge in [-0.1, -0.05) is 6.08 Å². The van der Waals surface area contributed by atoms with Crippen molar-refractivity contribution in [2.45, 2.75) is 6.42 Å². The summed E-state index contributed by atoms with van der Waals surface area (Å²) in [6.07, 6.45) is 10.1. The molecule has 0 fully saturated rings. The molecule has 1 heterocycles. The fourth-order valence-corrected chi connectivity index (χ4v) is 0.554. The smallest absolute Gasteiger partial charge is 0.0986 e. The standard InChI is InChI=1S/C7H9N2/c1-2-3-5-9-6-4-8-7-9/h3-7H,1-2H2. The number of hydrogen-bond acceptors (Lipinski definition) is 1. The molecule has 0 spiro atoms. The van der Waals surface area contributed by atoms with Gasteiger partial charge in [0.15, 0.2) is 0 Å². The van der Waals surface area contributed by atoms with Crippen LogP contribution in [0.1, 0.15) is 6.42 Å². The number of nitrogens with zero attached hydrogens (tertiary/aromatic N) is 2. The Labute approximate surface area is 54.8 Å². The third-order valence-electron chi connectivity index (χ3n) is 0.969. The number of rotatable bonds is 2. The molecule has 9 heavy (non-hydrogen) atoms. The van der Waals surface area contributed by atoms with E-state index in [4.69, 9.17) is 0 Å². The molecule has 0 aromatic carbocycles. The van der Waals surface area contributed by atoms with E-state index in [1.807, 2.05) is 23.0 Å². The fraction of sp³-hybridized carbons (Fsp3) is 0.143. The number of allylic oxidation sites excluding steroid dienone is 1. The normalized spacial score (nSPS) is 10.8. The Morgan fingerprint density at radius 3 is 3.11 bits per heavy atom. The van der Waals surface area contributed by atoms with Crippen molar-refractivity contribution in [3.8, 4) is 0 Å². The molecule has 1 rings (SSSR count). The van der Waals surface area contributed by atoms with Crippen LogP contribution < -0.4 is 0 Å². The first kappa shape index (κ1) is 6.08. The third-order valence-corrected chi connectivity index (χ3v) is 0.969. The van der Waals surface area contributed by atoms with E-state index in [1.54, 1.807) is 12.5 Å². The Morgan fingerprint density at radius 1 is 1.67 bits per heavy atom. The highest BCUT2D eigenvalue weighted by Gasteiger charge is 1.76. The minimum atomic E-state index is 0.818. The van der Waals surface area contributed by atoms with Crippen LogP contribution in [0.25, 0.3) is 6.20 Å². The SMILES string of the molecule is [CH2]CC=Cn1ccnc1. The van der Waals surface area contributed by atoms with Crippen molar-refractivity contribution >= 4 is 6.20 Å². The van der Waals surface area contributed by atoms with E-state index >= 15 is 0 Å². The van der Waals surface area contributed by atoms with E-state index < -0.39 is 0 Å². The molecule has 1 aromatic heterocycles. The maximum absolute atomic E-state index is 3.87. The molecule has 0 amide bonds. The van der Waals surface area contributed by atoms with Gasteiger partial charge in [-0.15, -0.1) is 0 Å². The molecular formula is C7H9N2. The molecule has 0 atom stereocenters. The summed E-state index contributed by atoms with van der Waals surface area (Å²) >= 11 is 0. The number of imidazole rings is 1. The van der Waals surface area contributed by atoms with Gasteiger partial charge >= 0.3 is 0 Å². The molecule has 1 radical (unpaired) electrons. The Balaban J connectivity index is 2.57. The molecule has 0 bridgehead atoms. The zero-order valence-electron chi connectivity index (χ0n) is 5.20.